The van der Waals surface area contributed by atoms with Gasteiger partial charge in [0.05, 0.1) is 17.7 Å². The van der Waals surface area contributed by atoms with Crippen molar-refractivity contribution in [2.75, 3.05) is 13.7 Å². The van der Waals surface area contributed by atoms with Crippen molar-refractivity contribution in [2.45, 2.75) is 31.3 Å². The highest BCUT2D eigenvalue weighted by Crippen LogP contribution is 2.31. The van der Waals surface area contributed by atoms with Gasteiger partial charge in [-0.05, 0) is 37.0 Å². The third kappa shape index (κ3) is 3.95. The van der Waals surface area contributed by atoms with Crippen molar-refractivity contribution in [3.8, 4) is 0 Å². The van der Waals surface area contributed by atoms with Crippen LogP contribution in [0.3, 0.4) is 0 Å². The van der Waals surface area contributed by atoms with Crippen LogP contribution >= 0.6 is 0 Å². The molecule has 0 aliphatic heterocycles. The summed E-state index contributed by atoms with van der Waals surface area (Å²) in [5.74, 6) is -0.959. The first-order chi connectivity index (χ1) is 10.0. The standard InChI is InChI=1S/C15H20N2O4/c1-21-10-15(7-2-8-15)17-14(20)16-9-11-3-5-12(6-4-11)13(18)19/h3-6H,2,7-10H2,1H3,(H,18,19)(H2,16,17,20). The lowest BCUT2D eigenvalue weighted by Gasteiger charge is -2.41. The topological polar surface area (TPSA) is 87.7 Å². The van der Waals surface area contributed by atoms with E-state index in [1.807, 2.05) is 0 Å². The summed E-state index contributed by atoms with van der Waals surface area (Å²) < 4.78 is 5.15. The van der Waals surface area contributed by atoms with Gasteiger partial charge in [0.2, 0.25) is 0 Å². The molecule has 1 aromatic carbocycles. The molecule has 1 aromatic rings. The Morgan fingerprint density at radius 3 is 2.43 bits per heavy atom. The minimum atomic E-state index is -0.959. The predicted molar refractivity (Wildman–Crippen MR) is 77.2 cm³/mol. The number of carbonyl (C=O) groups excluding carboxylic acids is 1. The molecule has 3 N–H and O–H groups in total. The number of amides is 2. The zero-order valence-corrected chi connectivity index (χ0v) is 12.0. The van der Waals surface area contributed by atoms with Gasteiger partial charge in [-0.15, -0.1) is 0 Å². The normalized spacial score (nSPS) is 15.9. The van der Waals surface area contributed by atoms with E-state index in [1.165, 1.54) is 12.1 Å². The monoisotopic (exact) mass is 292 g/mol. The molecular formula is C15H20N2O4. The molecule has 0 atom stereocenters. The van der Waals surface area contributed by atoms with Gasteiger partial charge in [-0.25, -0.2) is 9.59 Å². The summed E-state index contributed by atoms with van der Waals surface area (Å²) in [6.07, 6.45) is 2.96. The molecule has 1 aliphatic carbocycles. The minimum Gasteiger partial charge on any atom is -0.478 e. The Hall–Kier alpha value is -2.08. The van der Waals surface area contributed by atoms with Crippen LogP contribution in [-0.2, 0) is 11.3 Å². The van der Waals surface area contributed by atoms with Crippen LogP contribution in [0.15, 0.2) is 24.3 Å². The van der Waals surface area contributed by atoms with Crippen LogP contribution in [0.25, 0.3) is 0 Å². The van der Waals surface area contributed by atoms with E-state index in [2.05, 4.69) is 10.6 Å². The first-order valence-electron chi connectivity index (χ1n) is 6.92. The first kappa shape index (κ1) is 15.3. The molecule has 0 radical (unpaired) electrons. The van der Waals surface area contributed by atoms with Crippen molar-refractivity contribution >= 4 is 12.0 Å². The number of carboxylic acid groups (broad SMARTS) is 1. The average molecular weight is 292 g/mol. The van der Waals surface area contributed by atoms with Crippen LogP contribution in [0.5, 0.6) is 0 Å². The summed E-state index contributed by atoms with van der Waals surface area (Å²) in [5.41, 5.74) is 0.854. The number of carboxylic acids is 1. The number of benzene rings is 1. The number of ether oxygens (including phenoxy) is 1. The Labute approximate surface area is 123 Å². The van der Waals surface area contributed by atoms with Crippen molar-refractivity contribution in [3.63, 3.8) is 0 Å². The van der Waals surface area contributed by atoms with Gasteiger partial charge < -0.3 is 20.5 Å². The van der Waals surface area contributed by atoms with E-state index in [0.717, 1.165) is 24.8 Å². The van der Waals surface area contributed by atoms with E-state index >= 15 is 0 Å². The molecule has 1 saturated carbocycles. The number of methoxy groups -OCH3 is 1. The number of nitrogens with one attached hydrogen (secondary N) is 2. The quantitative estimate of drug-likeness (QED) is 0.745. The summed E-state index contributed by atoms with van der Waals surface area (Å²) in [6.45, 7) is 0.878. The van der Waals surface area contributed by atoms with E-state index < -0.39 is 5.97 Å². The first-order valence-corrected chi connectivity index (χ1v) is 6.92. The van der Waals surface area contributed by atoms with Gasteiger partial charge in [0.1, 0.15) is 0 Å². The van der Waals surface area contributed by atoms with Gasteiger partial charge in [-0.1, -0.05) is 12.1 Å². The molecule has 6 nitrogen and oxygen atoms in total. The number of hydrogen-bond donors (Lipinski definition) is 3. The number of carbonyl (C=O) groups is 2. The fraction of sp³-hybridized carbons (Fsp3) is 0.467. The van der Waals surface area contributed by atoms with Crippen molar-refractivity contribution in [1.29, 1.82) is 0 Å². The molecule has 0 unspecified atom stereocenters. The molecule has 0 heterocycles. The molecule has 21 heavy (non-hydrogen) atoms. The fourth-order valence-corrected chi connectivity index (χ4v) is 2.42. The summed E-state index contributed by atoms with van der Waals surface area (Å²) in [5, 5.41) is 14.6. The molecule has 0 saturated heterocycles. The molecule has 2 rings (SSSR count). The molecule has 0 spiro atoms. The van der Waals surface area contributed by atoms with E-state index in [0.29, 0.717) is 13.2 Å². The summed E-state index contributed by atoms with van der Waals surface area (Å²) in [4.78, 5) is 22.6. The van der Waals surface area contributed by atoms with Crippen LogP contribution in [0.2, 0.25) is 0 Å². The van der Waals surface area contributed by atoms with Gasteiger partial charge in [-0.3, -0.25) is 0 Å². The third-order valence-corrected chi connectivity index (χ3v) is 3.76. The second kappa shape index (κ2) is 6.58. The van der Waals surface area contributed by atoms with Crippen LogP contribution in [0.4, 0.5) is 4.79 Å². The molecule has 6 heteroatoms. The van der Waals surface area contributed by atoms with Crippen molar-refractivity contribution in [1.82, 2.24) is 10.6 Å². The van der Waals surface area contributed by atoms with Crippen molar-refractivity contribution in [3.05, 3.63) is 35.4 Å². The Bertz CT molecular complexity index is 509. The fourth-order valence-electron chi connectivity index (χ4n) is 2.42. The summed E-state index contributed by atoms with van der Waals surface area (Å²) in [7, 11) is 1.63. The second-order valence-corrected chi connectivity index (χ2v) is 5.38. The number of aromatic carboxylic acids is 1. The van der Waals surface area contributed by atoms with Crippen molar-refractivity contribution < 1.29 is 19.4 Å². The van der Waals surface area contributed by atoms with E-state index in [1.54, 1.807) is 19.2 Å². The van der Waals surface area contributed by atoms with Gasteiger partial charge in [0.15, 0.2) is 0 Å². The lowest BCUT2D eigenvalue weighted by atomic mass is 9.77. The lowest BCUT2D eigenvalue weighted by molar-refractivity contribution is 0.0631. The van der Waals surface area contributed by atoms with Gasteiger partial charge in [-0.2, -0.15) is 0 Å². The maximum absolute atomic E-state index is 11.9. The number of hydrogen-bond acceptors (Lipinski definition) is 3. The number of rotatable bonds is 6. The molecular weight excluding hydrogens is 272 g/mol. The molecule has 0 bridgehead atoms. The van der Waals surface area contributed by atoms with E-state index in [4.69, 9.17) is 9.84 Å². The Morgan fingerprint density at radius 2 is 1.95 bits per heavy atom. The van der Waals surface area contributed by atoms with E-state index in [-0.39, 0.29) is 17.1 Å². The third-order valence-electron chi connectivity index (χ3n) is 3.76. The van der Waals surface area contributed by atoms with E-state index in [9.17, 15) is 9.59 Å². The molecule has 1 fully saturated rings. The highest BCUT2D eigenvalue weighted by molar-refractivity contribution is 5.87. The Morgan fingerprint density at radius 1 is 1.29 bits per heavy atom. The van der Waals surface area contributed by atoms with Crippen LogP contribution < -0.4 is 10.6 Å². The van der Waals surface area contributed by atoms with Crippen LogP contribution in [0.1, 0.15) is 35.2 Å². The average Bonchev–Trinajstić information content (AvgIpc) is 2.43. The lowest BCUT2D eigenvalue weighted by Crippen LogP contribution is -2.58. The Balaban J connectivity index is 1.82. The summed E-state index contributed by atoms with van der Waals surface area (Å²) in [6, 6.07) is 6.20. The van der Waals surface area contributed by atoms with Gasteiger partial charge in [0.25, 0.3) is 0 Å². The smallest absolute Gasteiger partial charge is 0.335 e. The highest BCUT2D eigenvalue weighted by Gasteiger charge is 2.38. The Kier molecular flexibility index (Phi) is 4.80. The SMILES string of the molecule is COCC1(NC(=O)NCc2ccc(C(=O)O)cc2)CCC1. The second-order valence-electron chi connectivity index (χ2n) is 5.38. The summed E-state index contributed by atoms with van der Waals surface area (Å²) >= 11 is 0. The van der Waals surface area contributed by atoms with Crippen LogP contribution in [0, 0.1) is 0 Å². The minimum absolute atomic E-state index is 0.228. The van der Waals surface area contributed by atoms with Gasteiger partial charge >= 0.3 is 12.0 Å². The number of urea groups is 1. The van der Waals surface area contributed by atoms with Gasteiger partial charge in [0, 0.05) is 13.7 Å². The largest absolute Gasteiger partial charge is 0.478 e. The molecule has 2 amide bonds. The van der Waals surface area contributed by atoms with Crippen molar-refractivity contribution in [2.24, 2.45) is 0 Å². The maximum atomic E-state index is 11.9. The maximum Gasteiger partial charge on any atom is 0.335 e. The molecule has 1 aliphatic rings. The molecule has 0 aromatic heterocycles. The van der Waals surface area contributed by atoms with Crippen LogP contribution in [-0.4, -0.2) is 36.4 Å². The molecule has 114 valence electrons. The highest BCUT2D eigenvalue weighted by atomic mass is 16.5. The predicted octanol–water partition coefficient (Wildman–Crippen LogP) is 1.75. The zero-order chi connectivity index (χ0) is 15.3. The zero-order valence-electron chi connectivity index (χ0n) is 12.0.